The second-order valence-corrected chi connectivity index (χ2v) is 4.55. The third-order valence-corrected chi connectivity index (χ3v) is 3.27. The average Bonchev–Trinajstić information content (AvgIpc) is 2.27. The number of nitrogens with zero attached hydrogens (tertiary/aromatic N) is 1. The third kappa shape index (κ3) is 4.07. The van der Waals surface area contributed by atoms with Crippen LogP contribution in [-0.2, 0) is 9.47 Å². The molecule has 0 radical (unpaired) electrons. The van der Waals surface area contributed by atoms with E-state index in [4.69, 9.17) is 15.2 Å². The van der Waals surface area contributed by atoms with E-state index in [1.807, 2.05) is 0 Å². The van der Waals surface area contributed by atoms with Crippen LogP contribution in [0.4, 0.5) is 0 Å². The minimum atomic E-state index is 0.265. The molecule has 0 bridgehead atoms. The molecular formula is C11H24N2O2. The molecule has 2 N–H and O–H groups in total. The molecule has 90 valence electrons. The molecule has 0 amide bonds. The van der Waals surface area contributed by atoms with Crippen LogP contribution in [-0.4, -0.2) is 58.5 Å². The SMILES string of the molecule is COCCN(C)CC1(CN)CCOCC1. The topological polar surface area (TPSA) is 47.7 Å². The van der Waals surface area contributed by atoms with Crippen LogP contribution in [0.3, 0.4) is 0 Å². The van der Waals surface area contributed by atoms with Crippen LogP contribution in [0.5, 0.6) is 0 Å². The average molecular weight is 216 g/mol. The molecule has 0 aliphatic carbocycles. The summed E-state index contributed by atoms with van der Waals surface area (Å²) in [6.45, 7) is 5.28. The quantitative estimate of drug-likeness (QED) is 0.694. The molecule has 1 rings (SSSR count). The van der Waals surface area contributed by atoms with Gasteiger partial charge in [0, 0.05) is 33.4 Å². The van der Waals surface area contributed by atoms with E-state index < -0.39 is 0 Å². The minimum Gasteiger partial charge on any atom is -0.383 e. The maximum atomic E-state index is 5.90. The maximum absolute atomic E-state index is 5.90. The van der Waals surface area contributed by atoms with E-state index in [0.717, 1.165) is 52.3 Å². The number of likely N-dealkylation sites (N-methyl/N-ethyl adjacent to an activating group) is 1. The second-order valence-electron chi connectivity index (χ2n) is 4.55. The van der Waals surface area contributed by atoms with E-state index in [9.17, 15) is 0 Å². The molecule has 0 unspecified atom stereocenters. The summed E-state index contributed by atoms with van der Waals surface area (Å²) in [5.74, 6) is 0. The molecule has 1 heterocycles. The zero-order valence-corrected chi connectivity index (χ0v) is 10.00. The summed E-state index contributed by atoms with van der Waals surface area (Å²) >= 11 is 0. The highest BCUT2D eigenvalue weighted by molar-refractivity contribution is 4.85. The van der Waals surface area contributed by atoms with Crippen LogP contribution in [0.15, 0.2) is 0 Å². The van der Waals surface area contributed by atoms with Gasteiger partial charge in [-0.1, -0.05) is 0 Å². The summed E-state index contributed by atoms with van der Waals surface area (Å²) in [5, 5.41) is 0. The molecule has 1 fully saturated rings. The lowest BCUT2D eigenvalue weighted by atomic mass is 9.80. The van der Waals surface area contributed by atoms with Crippen LogP contribution in [0.1, 0.15) is 12.8 Å². The zero-order chi connectivity index (χ0) is 11.1. The van der Waals surface area contributed by atoms with Crippen molar-refractivity contribution in [1.29, 1.82) is 0 Å². The number of ether oxygens (including phenoxy) is 2. The van der Waals surface area contributed by atoms with Crippen molar-refractivity contribution in [3.8, 4) is 0 Å². The summed E-state index contributed by atoms with van der Waals surface area (Å²) in [5.41, 5.74) is 6.17. The minimum absolute atomic E-state index is 0.265. The van der Waals surface area contributed by atoms with Crippen LogP contribution in [0, 0.1) is 5.41 Å². The van der Waals surface area contributed by atoms with Gasteiger partial charge in [0.15, 0.2) is 0 Å². The summed E-state index contributed by atoms with van der Waals surface area (Å²) in [7, 11) is 3.87. The largest absolute Gasteiger partial charge is 0.383 e. The number of methoxy groups -OCH3 is 1. The van der Waals surface area contributed by atoms with E-state index in [1.165, 1.54) is 0 Å². The van der Waals surface area contributed by atoms with Crippen molar-refractivity contribution in [2.75, 3.05) is 53.6 Å². The maximum Gasteiger partial charge on any atom is 0.0589 e. The van der Waals surface area contributed by atoms with E-state index >= 15 is 0 Å². The van der Waals surface area contributed by atoms with Gasteiger partial charge in [-0.05, 0) is 31.8 Å². The first-order chi connectivity index (χ1) is 7.22. The van der Waals surface area contributed by atoms with Crippen molar-refractivity contribution < 1.29 is 9.47 Å². The van der Waals surface area contributed by atoms with E-state index in [1.54, 1.807) is 7.11 Å². The van der Waals surface area contributed by atoms with Gasteiger partial charge in [-0.2, -0.15) is 0 Å². The van der Waals surface area contributed by atoms with Crippen LogP contribution >= 0.6 is 0 Å². The van der Waals surface area contributed by atoms with Crippen LogP contribution < -0.4 is 5.73 Å². The Hall–Kier alpha value is -0.160. The van der Waals surface area contributed by atoms with Crippen molar-refractivity contribution in [2.45, 2.75) is 12.8 Å². The lowest BCUT2D eigenvalue weighted by molar-refractivity contribution is 0.00101. The van der Waals surface area contributed by atoms with E-state index in [-0.39, 0.29) is 5.41 Å². The van der Waals surface area contributed by atoms with Gasteiger partial charge in [-0.15, -0.1) is 0 Å². The Morgan fingerprint density at radius 2 is 2.07 bits per heavy atom. The molecule has 15 heavy (non-hydrogen) atoms. The van der Waals surface area contributed by atoms with Crippen molar-refractivity contribution >= 4 is 0 Å². The summed E-state index contributed by atoms with van der Waals surface area (Å²) in [6.07, 6.45) is 2.17. The summed E-state index contributed by atoms with van der Waals surface area (Å²) in [4.78, 5) is 2.31. The van der Waals surface area contributed by atoms with Crippen molar-refractivity contribution in [2.24, 2.45) is 11.1 Å². The fourth-order valence-corrected chi connectivity index (χ4v) is 2.13. The molecule has 4 nitrogen and oxygen atoms in total. The normalized spacial score (nSPS) is 20.8. The Bertz CT molecular complexity index is 170. The van der Waals surface area contributed by atoms with Gasteiger partial charge < -0.3 is 20.1 Å². The monoisotopic (exact) mass is 216 g/mol. The lowest BCUT2D eigenvalue weighted by Gasteiger charge is -2.39. The van der Waals surface area contributed by atoms with E-state index in [0.29, 0.717) is 0 Å². The first-order valence-electron chi connectivity index (χ1n) is 5.68. The van der Waals surface area contributed by atoms with Crippen molar-refractivity contribution in [3.63, 3.8) is 0 Å². The molecular weight excluding hydrogens is 192 g/mol. The van der Waals surface area contributed by atoms with Gasteiger partial charge in [0.05, 0.1) is 6.61 Å². The van der Waals surface area contributed by atoms with Gasteiger partial charge in [0.1, 0.15) is 0 Å². The van der Waals surface area contributed by atoms with Crippen LogP contribution in [0.25, 0.3) is 0 Å². The fraction of sp³-hybridized carbons (Fsp3) is 1.00. The summed E-state index contributed by atoms with van der Waals surface area (Å²) < 4.78 is 10.5. The highest BCUT2D eigenvalue weighted by atomic mass is 16.5. The second kappa shape index (κ2) is 6.43. The van der Waals surface area contributed by atoms with Gasteiger partial charge in [0.2, 0.25) is 0 Å². The van der Waals surface area contributed by atoms with Gasteiger partial charge in [0.25, 0.3) is 0 Å². The van der Waals surface area contributed by atoms with Gasteiger partial charge >= 0.3 is 0 Å². The first-order valence-corrected chi connectivity index (χ1v) is 5.68. The Kier molecular flexibility index (Phi) is 5.53. The molecule has 4 heteroatoms. The van der Waals surface area contributed by atoms with Crippen molar-refractivity contribution in [3.05, 3.63) is 0 Å². The Labute approximate surface area is 92.7 Å². The zero-order valence-electron chi connectivity index (χ0n) is 10.00. The predicted molar refractivity (Wildman–Crippen MR) is 60.9 cm³/mol. The smallest absolute Gasteiger partial charge is 0.0589 e. The van der Waals surface area contributed by atoms with Crippen molar-refractivity contribution in [1.82, 2.24) is 4.90 Å². The molecule has 0 saturated carbocycles. The predicted octanol–water partition coefficient (Wildman–Crippen LogP) is 0.320. The number of hydrogen-bond acceptors (Lipinski definition) is 4. The van der Waals surface area contributed by atoms with Gasteiger partial charge in [-0.3, -0.25) is 0 Å². The molecule has 0 aromatic rings. The molecule has 1 aliphatic heterocycles. The third-order valence-electron chi connectivity index (χ3n) is 3.27. The van der Waals surface area contributed by atoms with Crippen LogP contribution in [0.2, 0.25) is 0 Å². The summed E-state index contributed by atoms with van der Waals surface area (Å²) in [6, 6.07) is 0. The Balaban J connectivity index is 2.37. The molecule has 0 aromatic heterocycles. The standard InChI is InChI=1S/C11H24N2O2/c1-13(5-8-14-2)10-11(9-12)3-6-15-7-4-11/h3-10,12H2,1-2H3. The lowest BCUT2D eigenvalue weighted by Crippen LogP contribution is -2.45. The molecule has 0 atom stereocenters. The van der Waals surface area contributed by atoms with E-state index in [2.05, 4.69) is 11.9 Å². The number of rotatable bonds is 6. The molecule has 0 aromatic carbocycles. The molecule has 1 saturated heterocycles. The number of hydrogen-bond donors (Lipinski definition) is 1. The highest BCUT2D eigenvalue weighted by Crippen LogP contribution is 2.29. The molecule has 1 aliphatic rings. The van der Waals surface area contributed by atoms with Gasteiger partial charge in [-0.25, -0.2) is 0 Å². The fourth-order valence-electron chi connectivity index (χ4n) is 2.13. The Morgan fingerprint density at radius 1 is 1.40 bits per heavy atom. The molecule has 0 spiro atoms. The Morgan fingerprint density at radius 3 is 2.60 bits per heavy atom. The number of nitrogens with two attached hydrogens (primary N) is 1. The highest BCUT2D eigenvalue weighted by Gasteiger charge is 2.32. The first kappa shape index (κ1) is 12.9.